The molecule has 0 bridgehead atoms. The van der Waals surface area contributed by atoms with Gasteiger partial charge in [-0.25, -0.2) is 14.4 Å². The van der Waals surface area contributed by atoms with Crippen LogP contribution in [0.5, 0.6) is 17.2 Å². The first-order valence-corrected chi connectivity index (χ1v) is 10.9. The number of carbonyl (C=O) groups is 3. The minimum Gasteiger partial charge on any atom is -0.493 e. The van der Waals surface area contributed by atoms with Crippen molar-refractivity contribution in [3.05, 3.63) is 65.7 Å². The fraction of sp³-hybridized carbons (Fsp3) is 0.346. The van der Waals surface area contributed by atoms with Gasteiger partial charge in [-0.2, -0.15) is 0 Å². The van der Waals surface area contributed by atoms with E-state index in [1.807, 2.05) is 32.3 Å². The molecule has 0 fully saturated rings. The van der Waals surface area contributed by atoms with E-state index in [4.69, 9.17) is 29.2 Å². The molecule has 0 aliphatic rings. The second-order valence-corrected chi connectivity index (χ2v) is 7.65. The number of carboxylic acids is 2. The van der Waals surface area contributed by atoms with Crippen LogP contribution in [0.2, 0.25) is 0 Å². The van der Waals surface area contributed by atoms with E-state index in [1.165, 1.54) is 21.3 Å². The SMILES string of the molecule is CCC(COC(=O)c1cc(OC)c(OC)c(OC)c1)(c1ccccc1)N(C)C.O=C(O)/C=C\C(=O)O. The zero-order valence-electron chi connectivity index (χ0n) is 21.3. The van der Waals surface area contributed by atoms with Crippen LogP contribution in [-0.4, -0.2) is 75.1 Å². The Morgan fingerprint density at radius 3 is 1.75 bits per heavy atom. The summed E-state index contributed by atoms with van der Waals surface area (Å²) >= 11 is 0. The van der Waals surface area contributed by atoms with Gasteiger partial charge in [0.05, 0.1) is 32.4 Å². The Balaban J connectivity index is 0.000000697. The van der Waals surface area contributed by atoms with Crippen molar-refractivity contribution in [3.8, 4) is 17.2 Å². The lowest BCUT2D eigenvalue weighted by Crippen LogP contribution is -2.45. The number of rotatable bonds is 11. The van der Waals surface area contributed by atoms with Gasteiger partial charge in [0.2, 0.25) is 5.75 Å². The van der Waals surface area contributed by atoms with E-state index in [1.54, 1.807) is 12.1 Å². The Morgan fingerprint density at radius 2 is 1.39 bits per heavy atom. The summed E-state index contributed by atoms with van der Waals surface area (Å²) in [6.07, 6.45) is 1.90. The molecule has 0 amide bonds. The smallest absolute Gasteiger partial charge is 0.338 e. The van der Waals surface area contributed by atoms with Crippen molar-refractivity contribution in [1.29, 1.82) is 0 Å². The van der Waals surface area contributed by atoms with Crippen LogP contribution in [0.4, 0.5) is 0 Å². The van der Waals surface area contributed by atoms with Crippen LogP contribution in [0, 0.1) is 0 Å². The fourth-order valence-corrected chi connectivity index (χ4v) is 3.45. The summed E-state index contributed by atoms with van der Waals surface area (Å²) in [6.45, 7) is 2.30. The molecule has 1 atom stereocenters. The van der Waals surface area contributed by atoms with Crippen LogP contribution >= 0.6 is 0 Å². The van der Waals surface area contributed by atoms with Gasteiger partial charge in [0.25, 0.3) is 0 Å². The second-order valence-electron chi connectivity index (χ2n) is 7.65. The molecule has 2 rings (SSSR count). The third-order valence-corrected chi connectivity index (χ3v) is 5.46. The molecule has 2 aromatic carbocycles. The van der Waals surface area contributed by atoms with Gasteiger partial charge in [-0.05, 0) is 38.2 Å². The molecule has 0 radical (unpaired) electrons. The molecule has 0 saturated heterocycles. The van der Waals surface area contributed by atoms with E-state index < -0.39 is 23.4 Å². The Hall–Kier alpha value is -4.05. The van der Waals surface area contributed by atoms with Crippen LogP contribution in [-0.2, 0) is 19.9 Å². The van der Waals surface area contributed by atoms with E-state index in [0.717, 1.165) is 12.0 Å². The highest BCUT2D eigenvalue weighted by Gasteiger charge is 2.34. The molecule has 0 saturated carbocycles. The van der Waals surface area contributed by atoms with Gasteiger partial charge in [-0.3, -0.25) is 4.90 Å². The van der Waals surface area contributed by atoms with Crippen molar-refractivity contribution in [2.75, 3.05) is 42.0 Å². The van der Waals surface area contributed by atoms with Gasteiger partial charge >= 0.3 is 17.9 Å². The Labute approximate surface area is 210 Å². The van der Waals surface area contributed by atoms with Gasteiger partial charge in [0, 0.05) is 12.2 Å². The maximum atomic E-state index is 12.8. The van der Waals surface area contributed by atoms with Gasteiger partial charge in [0.15, 0.2) is 11.5 Å². The summed E-state index contributed by atoms with van der Waals surface area (Å²) < 4.78 is 21.7. The summed E-state index contributed by atoms with van der Waals surface area (Å²) in [7, 11) is 8.52. The molecular formula is C26H33NO9. The molecule has 196 valence electrons. The van der Waals surface area contributed by atoms with Crippen molar-refractivity contribution >= 4 is 17.9 Å². The third kappa shape index (κ3) is 8.02. The first kappa shape index (κ1) is 30.0. The molecule has 1 unspecified atom stereocenters. The highest BCUT2D eigenvalue weighted by atomic mass is 16.5. The van der Waals surface area contributed by atoms with Crippen LogP contribution < -0.4 is 14.2 Å². The fourth-order valence-electron chi connectivity index (χ4n) is 3.45. The minimum atomic E-state index is -1.26. The molecule has 0 spiro atoms. The molecule has 10 nitrogen and oxygen atoms in total. The third-order valence-electron chi connectivity index (χ3n) is 5.46. The second kappa shape index (κ2) is 14.4. The van der Waals surface area contributed by atoms with Crippen LogP contribution in [0.25, 0.3) is 0 Å². The largest absolute Gasteiger partial charge is 0.493 e. The average Bonchev–Trinajstić information content (AvgIpc) is 2.87. The van der Waals surface area contributed by atoms with Crippen molar-refractivity contribution < 1.29 is 43.5 Å². The minimum absolute atomic E-state index is 0.218. The van der Waals surface area contributed by atoms with Gasteiger partial charge in [-0.15, -0.1) is 0 Å². The van der Waals surface area contributed by atoms with Crippen LogP contribution in [0.3, 0.4) is 0 Å². The molecule has 0 aliphatic carbocycles. The number of carbonyl (C=O) groups excluding carboxylic acids is 1. The number of hydrogen-bond acceptors (Lipinski definition) is 8. The van der Waals surface area contributed by atoms with E-state index in [0.29, 0.717) is 35.0 Å². The summed E-state index contributed by atoms with van der Waals surface area (Å²) in [5.41, 5.74) is 1.02. The lowest BCUT2D eigenvalue weighted by Gasteiger charge is -2.39. The van der Waals surface area contributed by atoms with E-state index in [9.17, 15) is 14.4 Å². The number of carboxylic acid groups (broad SMARTS) is 2. The number of ether oxygens (including phenoxy) is 4. The summed E-state index contributed by atoms with van der Waals surface area (Å²) in [4.78, 5) is 34.0. The highest BCUT2D eigenvalue weighted by molar-refractivity contribution is 5.91. The quantitative estimate of drug-likeness (QED) is 0.347. The van der Waals surface area contributed by atoms with Gasteiger partial charge < -0.3 is 29.2 Å². The molecule has 0 heterocycles. The van der Waals surface area contributed by atoms with Crippen LogP contribution in [0.1, 0.15) is 29.3 Å². The highest BCUT2D eigenvalue weighted by Crippen LogP contribution is 2.38. The number of nitrogens with zero attached hydrogens (tertiary/aromatic N) is 1. The number of likely N-dealkylation sites (N-methyl/N-ethyl adjacent to an activating group) is 1. The zero-order chi connectivity index (χ0) is 27.3. The topological polar surface area (TPSA) is 132 Å². The molecule has 36 heavy (non-hydrogen) atoms. The molecule has 0 aromatic heterocycles. The van der Waals surface area contributed by atoms with Crippen molar-refractivity contribution in [2.45, 2.75) is 18.9 Å². The Bertz CT molecular complexity index is 1010. The lowest BCUT2D eigenvalue weighted by molar-refractivity contribution is -0.134. The molecule has 0 aliphatic heterocycles. The lowest BCUT2D eigenvalue weighted by atomic mass is 9.87. The van der Waals surface area contributed by atoms with Gasteiger partial charge in [0.1, 0.15) is 6.61 Å². The normalized spacial score (nSPS) is 12.2. The van der Waals surface area contributed by atoms with Crippen molar-refractivity contribution in [1.82, 2.24) is 4.90 Å². The van der Waals surface area contributed by atoms with Crippen molar-refractivity contribution in [3.63, 3.8) is 0 Å². The van der Waals surface area contributed by atoms with Crippen LogP contribution in [0.15, 0.2) is 54.6 Å². The molecule has 2 aromatic rings. The van der Waals surface area contributed by atoms with E-state index in [2.05, 4.69) is 24.0 Å². The molecule has 2 N–H and O–H groups in total. The standard InChI is InChI=1S/C22H29NO5.C4H4O4/c1-7-22(23(2)3,17-11-9-8-10-12-17)15-28-21(24)16-13-18(25-4)20(27-6)19(14-16)26-5;5-3(6)1-2-4(7)8/h8-14H,7,15H2,1-6H3;1-2H,(H,5,6)(H,7,8)/b;2-1-. The summed E-state index contributed by atoms with van der Waals surface area (Å²) in [6, 6.07) is 13.2. The molecule has 10 heteroatoms. The number of methoxy groups -OCH3 is 3. The maximum absolute atomic E-state index is 12.8. The summed E-state index contributed by atoms with van der Waals surface area (Å²) in [5.74, 6) is -1.71. The Morgan fingerprint density at radius 1 is 0.889 bits per heavy atom. The van der Waals surface area contributed by atoms with E-state index in [-0.39, 0.29) is 6.61 Å². The van der Waals surface area contributed by atoms with Gasteiger partial charge in [-0.1, -0.05) is 37.3 Å². The zero-order valence-corrected chi connectivity index (χ0v) is 21.3. The predicted octanol–water partition coefficient (Wildman–Crippen LogP) is 3.45. The first-order valence-electron chi connectivity index (χ1n) is 10.9. The van der Waals surface area contributed by atoms with Crippen molar-refractivity contribution in [2.24, 2.45) is 0 Å². The number of hydrogen-bond donors (Lipinski definition) is 2. The number of benzene rings is 2. The maximum Gasteiger partial charge on any atom is 0.338 e. The number of aliphatic carboxylic acids is 2. The number of esters is 1. The first-order chi connectivity index (χ1) is 17.1. The summed E-state index contributed by atoms with van der Waals surface area (Å²) in [5, 5.41) is 15.6. The predicted molar refractivity (Wildman–Crippen MR) is 133 cm³/mol. The Kier molecular flexibility index (Phi) is 12.0. The monoisotopic (exact) mass is 503 g/mol. The molecular weight excluding hydrogens is 470 g/mol. The van der Waals surface area contributed by atoms with E-state index >= 15 is 0 Å². The average molecular weight is 504 g/mol.